The van der Waals surface area contributed by atoms with E-state index in [-0.39, 0.29) is 0 Å². The van der Waals surface area contributed by atoms with E-state index in [4.69, 9.17) is 10.00 Å². The van der Waals surface area contributed by atoms with Crippen LogP contribution in [0.25, 0.3) is 0 Å². The summed E-state index contributed by atoms with van der Waals surface area (Å²) in [6.45, 7) is 9.99. The van der Waals surface area contributed by atoms with Crippen LogP contribution in [0.3, 0.4) is 0 Å². The van der Waals surface area contributed by atoms with Crippen LogP contribution < -0.4 is 10.1 Å². The minimum Gasteiger partial charge on any atom is -0.495 e. The Morgan fingerprint density at radius 1 is 1.26 bits per heavy atom. The van der Waals surface area contributed by atoms with Gasteiger partial charge >= 0.3 is 0 Å². The first-order valence-electron chi connectivity index (χ1n) is 6.65. The maximum atomic E-state index is 8.96. The van der Waals surface area contributed by atoms with E-state index in [2.05, 4.69) is 39.1 Å². The van der Waals surface area contributed by atoms with Crippen molar-refractivity contribution in [1.29, 1.82) is 5.26 Å². The Balaban J connectivity index is 2.04. The lowest BCUT2D eigenvalue weighted by Crippen LogP contribution is -2.21. The molecule has 3 nitrogen and oxygen atoms in total. The number of hydrogen-bond donors (Lipinski definition) is 1. The number of nitrogens with zero attached hydrogens (tertiary/aromatic N) is 1. The highest BCUT2D eigenvalue weighted by atomic mass is 16.5. The third kappa shape index (κ3) is 2.21. The Morgan fingerprint density at radius 2 is 1.89 bits per heavy atom. The van der Waals surface area contributed by atoms with E-state index in [1.54, 1.807) is 7.11 Å². The van der Waals surface area contributed by atoms with E-state index < -0.39 is 0 Å². The van der Waals surface area contributed by atoms with Crippen LogP contribution in [0.1, 0.15) is 38.8 Å². The second-order valence-electron chi connectivity index (χ2n) is 6.40. The highest BCUT2D eigenvalue weighted by molar-refractivity contribution is 5.45. The molecule has 1 aromatic rings. The van der Waals surface area contributed by atoms with Crippen LogP contribution in [-0.2, 0) is 6.54 Å². The molecule has 0 saturated heterocycles. The summed E-state index contributed by atoms with van der Waals surface area (Å²) < 4.78 is 5.23. The van der Waals surface area contributed by atoms with Gasteiger partial charge < -0.3 is 10.1 Å². The molecule has 0 radical (unpaired) electrons. The summed E-state index contributed by atoms with van der Waals surface area (Å²) >= 11 is 0. The largest absolute Gasteiger partial charge is 0.495 e. The van der Waals surface area contributed by atoms with Crippen LogP contribution in [0, 0.1) is 22.2 Å². The van der Waals surface area contributed by atoms with E-state index in [0.29, 0.717) is 28.2 Å². The highest BCUT2D eigenvalue weighted by Gasteiger charge is 2.64. The van der Waals surface area contributed by atoms with Gasteiger partial charge in [-0.25, -0.2) is 0 Å². The summed E-state index contributed by atoms with van der Waals surface area (Å²) in [7, 11) is 1.60. The van der Waals surface area contributed by atoms with Gasteiger partial charge in [-0.1, -0.05) is 33.8 Å². The number of methoxy groups -OCH3 is 1. The van der Waals surface area contributed by atoms with E-state index in [1.165, 1.54) is 0 Å². The summed E-state index contributed by atoms with van der Waals surface area (Å²) in [6, 6.07) is 8.40. The first kappa shape index (κ1) is 13.9. The molecule has 1 aromatic carbocycles. The van der Waals surface area contributed by atoms with Crippen LogP contribution in [0.2, 0.25) is 0 Å². The van der Waals surface area contributed by atoms with Gasteiger partial charge in [0.2, 0.25) is 0 Å². The van der Waals surface area contributed by atoms with Crippen LogP contribution in [0.4, 0.5) is 0 Å². The molecule has 19 heavy (non-hydrogen) atoms. The predicted molar refractivity (Wildman–Crippen MR) is 75.9 cm³/mol. The van der Waals surface area contributed by atoms with Crippen molar-refractivity contribution >= 4 is 0 Å². The SMILES string of the molecule is COc1cc(CNC2C(C)(C)C2(C)C)ccc1C#N. The quantitative estimate of drug-likeness (QED) is 0.902. The van der Waals surface area contributed by atoms with Crippen molar-refractivity contribution in [2.45, 2.75) is 40.3 Å². The van der Waals surface area contributed by atoms with Gasteiger partial charge in [0.15, 0.2) is 0 Å². The van der Waals surface area contributed by atoms with Gasteiger partial charge in [0.25, 0.3) is 0 Å². The zero-order valence-corrected chi connectivity index (χ0v) is 12.4. The van der Waals surface area contributed by atoms with Crippen molar-refractivity contribution in [2.24, 2.45) is 10.8 Å². The molecule has 0 bridgehead atoms. The molecule has 102 valence electrons. The molecule has 1 aliphatic rings. The van der Waals surface area contributed by atoms with Crippen molar-refractivity contribution in [3.8, 4) is 11.8 Å². The van der Waals surface area contributed by atoms with Crippen molar-refractivity contribution in [3.05, 3.63) is 29.3 Å². The monoisotopic (exact) mass is 258 g/mol. The summed E-state index contributed by atoms with van der Waals surface area (Å²) in [6.07, 6.45) is 0. The standard InChI is InChI=1S/C16H22N2O/c1-15(2)14(16(15,3)4)18-10-11-6-7-12(9-17)13(8-11)19-5/h6-8,14,18H,10H2,1-5H3. The van der Waals surface area contributed by atoms with E-state index >= 15 is 0 Å². The number of ether oxygens (including phenoxy) is 1. The molecule has 0 heterocycles. The van der Waals surface area contributed by atoms with Gasteiger partial charge in [0.05, 0.1) is 12.7 Å². The molecule has 1 aliphatic carbocycles. The molecule has 2 rings (SSSR count). The van der Waals surface area contributed by atoms with Crippen molar-refractivity contribution < 1.29 is 4.74 Å². The van der Waals surface area contributed by atoms with Crippen molar-refractivity contribution in [3.63, 3.8) is 0 Å². The minimum absolute atomic E-state index is 0.337. The molecule has 3 heteroatoms. The second kappa shape index (κ2) is 4.54. The normalized spacial score (nSPS) is 19.8. The highest BCUT2D eigenvalue weighted by Crippen LogP contribution is 2.62. The molecule has 1 fully saturated rings. The maximum absolute atomic E-state index is 8.96. The Morgan fingerprint density at radius 3 is 2.37 bits per heavy atom. The van der Waals surface area contributed by atoms with Gasteiger partial charge in [0.1, 0.15) is 11.8 Å². The number of nitriles is 1. The summed E-state index contributed by atoms with van der Waals surface area (Å²) in [4.78, 5) is 0. The number of hydrogen-bond acceptors (Lipinski definition) is 3. The molecule has 1 saturated carbocycles. The molecule has 0 atom stereocenters. The summed E-state index contributed by atoms with van der Waals surface area (Å²) in [5.74, 6) is 0.649. The molecule has 0 amide bonds. The first-order chi connectivity index (χ1) is 8.84. The molecule has 0 aliphatic heterocycles. The van der Waals surface area contributed by atoms with E-state index in [9.17, 15) is 0 Å². The van der Waals surface area contributed by atoms with Crippen LogP contribution in [0.15, 0.2) is 18.2 Å². The molecule has 1 N–H and O–H groups in total. The van der Waals surface area contributed by atoms with Gasteiger partial charge in [-0.3, -0.25) is 0 Å². The second-order valence-corrected chi connectivity index (χ2v) is 6.40. The Labute approximate surface area is 115 Å². The lowest BCUT2D eigenvalue weighted by atomic mass is 10.0. The predicted octanol–water partition coefficient (Wildman–Crippen LogP) is 3.09. The van der Waals surface area contributed by atoms with Crippen LogP contribution in [-0.4, -0.2) is 13.2 Å². The zero-order chi connectivity index (χ0) is 14.3. The van der Waals surface area contributed by atoms with Crippen molar-refractivity contribution in [2.75, 3.05) is 7.11 Å². The van der Waals surface area contributed by atoms with Gasteiger partial charge in [-0.05, 0) is 28.5 Å². The van der Waals surface area contributed by atoms with E-state index in [1.807, 2.05) is 18.2 Å². The summed E-state index contributed by atoms with van der Waals surface area (Å²) in [5.41, 5.74) is 2.40. The van der Waals surface area contributed by atoms with Crippen LogP contribution in [0.5, 0.6) is 5.75 Å². The third-order valence-corrected chi connectivity index (χ3v) is 4.92. The molecule has 0 spiro atoms. The zero-order valence-electron chi connectivity index (χ0n) is 12.4. The molecular weight excluding hydrogens is 236 g/mol. The fraction of sp³-hybridized carbons (Fsp3) is 0.562. The number of nitrogens with one attached hydrogen (secondary N) is 1. The van der Waals surface area contributed by atoms with Crippen molar-refractivity contribution in [1.82, 2.24) is 5.32 Å². The smallest absolute Gasteiger partial charge is 0.136 e. The lowest BCUT2D eigenvalue weighted by Gasteiger charge is -2.09. The molecule has 0 aromatic heterocycles. The van der Waals surface area contributed by atoms with Gasteiger partial charge in [-0.2, -0.15) is 5.26 Å². The van der Waals surface area contributed by atoms with Crippen LogP contribution >= 0.6 is 0 Å². The minimum atomic E-state index is 0.337. The Bertz CT molecular complexity index is 512. The third-order valence-electron chi connectivity index (χ3n) is 4.92. The topological polar surface area (TPSA) is 45.0 Å². The first-order valence-corrected chi connectivity index (χ1v) is 6.65. The Kier molecular flexibility index (Phi) is 3.32. The molecular formula is C16H22N2O. The number of rotatable bonds is 4. The van der Waals surface area contributed by atoms with Gasteiger partial charge in [-0.15, -0.1) is 0 Å². The van der Waals surface area contributed by atoms with Gasteiger partial charge in [0, 0.05) is 12.6 Å². The maximum Gasteiger partial charge on any atom is 0.136 e. The fourth-order valence-electron chi connectivity index (χ4n) is 2.86. The van der Waals surface area contributed by atoms with E-state index in [0.717, 1.165) is 12.1 Å². The average molecular weight is 258 g/mol. The average Bonchev–Trinajstić information content (AvgIpc) is 2.76. The Hall–Kier alpha value is -1.53. The fourth-order valence-corrected chi connectivity index (χ4v) is 2.86. The lowest BCUT2D eigenvalue weighted by molar-refractivity contribution is 0.412. The molecule has 0 unspecified atom stereocenters. The summed E-state index contributed by atoms with van der Waals surface area (Å²) in [5, 5.41) is 12.6. The number of benzene rings is 1.